The van der Waals surface area contributed by atoms with Crippen molar-refractivity contribution in [3.05, 3.63) is 11.1 Å². The number of carbonyl (C=O) groups is 3. The molecule has 1 aliphatic carbocycles. The molecule has 0 saturated heterocycles. The minimum atomic E-state index is -0.693. The number of carbonyl (C=O) groups excluding carboxylic acids is 3. The molecule has 0 aromatic heterocycles. The Kier molecular flexibility index (Phi) is 4.63. The van der Waals surface area contributed by atoms with Crippen LogP contribution in [0.2, 0.25) is 0 Å². The fourth-order valence-electron chi connectivity index (χ4n) is 3.71. The van der Waals surface area contributed by atoms with Crippen LogP contribution in [0.1, 0.15) is 59.2 Å². The van der Waals surface area contributed by atoms with Crippen LogP contribution in [0.15, 0.2) is 0 Å². The van der Waals surface area contributed by atoms with E-state index in [2.05, 4.69) is 4.89 Å². The van der Waals surface area contributed by atoms with E-state index >= 15 is 0 Å². The summed E-state index contributed by atoms with van der Waals surface area (Å²) >= 11 is 0. The van der Waals surface area contributed by atoms with Crippen molar-refractivity contribution in [1.29, 1.82) is 0 Å². The standard InChI is InChI=1S/C17H18O8/c1-22-13-10(8-18)14(23-9-19)16(25-21)15-12(13)11(20)7-17(24-15)5-3-2-4-6-17/h8-9,21H,2-7H2,1H3. The largest absolute Gasteiger partial charge is 0.495 e. The van der Waals surface area contributed by atoms with Crippen LogP contribution in [-0.4, -0.2) is 36.5 Å². The normalized spacial score (nSPS) is 18.1. The molecule has 2 aliphatic rings. The van der Waals surface area contributed by atoms with E-state index in [1.807, 2.05) is 0 Å². The summed E-state index contributed by atoms with van der Waals surface area (Å²) in [6, 6.07) is 0. The highest BCUT2D eigenvalue weighted by Gasteiger charge is 2.46. The van der Waals surface area contributed by atoms with Gasteiger partial charge in [0.25, 0.3) is 12.2 Å². The second-order valence-electron chi connectivity index (χ2n) is 6.18. The topological polar surface area (TPSA) is 108 Å². The number of hydrogen-bond donors (Lipinski definition) is 1. The van der Waals surface area contributed by atoms with Crippen LogP contribution < -0.4 is 19.1 Å². The number of benzene rings is 1. The molecule has 1 heterocycles. The molecule has 0 unspecified atom stereocenters. The molecule has 1 N–H and O–H groups in total. The van der Waals surface area contributed by atoms with Gasteiger partial charge in [0.15, 0.2) is 23.6 Å². The Bertz CT molecular complexity index is 718. The maximum absolute atomic E-state index is 12.8. The Morgan fingerprint density at radius 3 is 2.40 bits per heavy atom. The van der Waals surface area contributed by atoms with Crippen molar-refractivity contribution in [3.63, 3.8) is 0 Å². The number of aldehydes is 1. The fraction of sp³-hybridized carbons (Fsp3) is 0.471. The smallest absolute Gasteiger partial charge is 0.298 e. The molecule has 1 aliphatic heterocycles. The predicted octanol–water partition coefficient (Wildman–Crippen LogP) is 2.56. The molecule has 25 heavy (non-hydrogen) atoms. The highest BCUT2D eigenvalue weighted by atomic mass is 17.1. The summed E-state index contributed by atoms with van der Waals surface area (Å²) in [5, 5.41) is 9.31. The van der Waals surface area contributed by atoms with Crippen LogP contribution in [-0.2, 0) is 4.79 Å². The summed E-state index contributed by atoms with van der Waals surface area (Å²) in [4.78, 5) is 39.5. The van der Waals surface area contributed by atoms with Gasteiger partial charge in [-0.05, 0) is 25.7 Å². The number of Topliss-reactive ketones (excluding diaryl/α,β-unsaturated/α-hetero) is 1. The first kappa shape index (κ1) is 17.2. The van der Waals surface area contributed by atoms with Gasteiger partial charge in [-0.2, -0.15) is 0 Å². The van der Waals surface area contributed by atoms with Crippen molar-refractivity contribution < 1.29 is 38.7 Å². The van der Waals surface area contributed by atoms with E-state index in [4.69, 9.17) is 14.2 Å². The fourth-order valence-corrected chi connectivity index (χ4v) is 3.71. The third-order valence-corrected chi connectivity index (χ3v) is 4.78. The van der Waals surface area contributed by atoms with Crippen LogP contribution in [0, 0.1) is 0 Å². The van der Waals surface area contributed by atoms with E-state index in [-0.39, 0.29) is 52.8 Å². The number of rotatable bonds is 5. The molecule has 8 heteroatoms. The molecule has 3 rings (SSSR count). The van der Waals surface area contributed by atoms with Gasteiger partial charge in [0.05, 0.1) is 13.5 Å². The van der Waals surface area contributed by atoms with E-state index in [1.54, 1.807) is 0 Å². The zero-order chi connectivity index (χ0) is 18.0. The highest BCUT2D eigenvalue weighted by molar-refractivity contribution is 6.07. The van der Waals surface area contributed by atoms with Gasteiger partial charge in [0.2, 0.25) is 0 Å². The summed E-state index contributed by atoms with van der Waals surface area (Å²) in [5.74, 6) is -1.16. The van der Waals surface area contributed by atoms with Crippen molar-refractivity contribution in [2.75, 3.05) is 7.11 Å². The minimum absolute atomic E-state index is 0.00287. The Hall–Kier alpha value is -2.61. The highest BCUT2D eigenvalue weighted by Crippen LogP contribution is 2.54. The van der Waals surface area contributed by atoms with Crippen LogP contribution in [0.25, 0.3) is 0 Å². The summed E-state index contributed by atoms with van der Waals surface area (Å²) in [5.41, 5.74) is -0.904. The molecule has 1 saturated carbocycles. The molecular formula is C17H18O8. The molecule has 134 valence electrons. The van der Waals surface area contributed by atoms with Gasteiger partial charge in [-0.3, -0.25) is 14.4 Å². The quantitative estimate of drug-likeness (QED) is 0.490. The average molecular weight is 350 g/mol. The van der Waals surface area contributed by atoms with Gasteiger partial charge in [-0.15, -0.1) is 0 Å². The van der Waals surface area contributed by atoms with E-state index < -0.39 is 5.60 Å². The van der Waals surface area contributed by atoms with Gasteiger partial charge in [-0.1, -0.05) is 6.42 Å². The zero-order valence-electron chi connectivity index (χ0n) is 13.7. The minimum Gasteiger partial charge on any atom is -0.495 e. The van der Waals surface area contributed by atoms with Crippen LogP contribution >= 0.6 is 0 Å². The molecule has 1 aromatic rings. The number of ketones is 1. The maximum atomic E-state index is 12.8. The van der Waals surface area contributed by atoms with E-state index in [9.17, 15) is 19.6 Å². The number of methoxy groups -OCH3 is 1. The average Bonchev–Trinajstić information content (AvgIpc) is 2.61. The van der Waals surface area contributed by atoms with Gasteiger partial charge < -0.3 is 19.1 Å². The summed E-state index contributed by atoms with van der Waals surface area (Å²) in [7, 11) is 1.28. The maximum Gasteiger partial charge on any atom is 0.298 e. The number of fused-ring (bicyclic) bond motifs is 1. The molecule has 0 atom stereocenters. The summed E-state index contributed by atoms with van der Waals surface area (Å²) in [6.45, 7) is 0.0811. The first-order valence-corrected chi connectivity index (χ1v) is 7.98. The second kappa shape index (κ2) is 6.72. The number of ether oxygens (including phenoxy) is 3. The van der Waals surface area contributed by atoms with Gasteiger partial charge in [0.1, 0.15) is 22.5 Å². The molecule has 0 radical (unpaired) electrons. The molecule has 0 bridgehead atoms. The van der Waals surface area contributed by atoms with Crippen molar-refractivity contribution in [1.82, 2.24) is 0 Å². The van der Waals surface area contributed by atoms with E-state index in [1.165, 1.54) is 7.11 Å². The van der Waals surface area contributed by atoms with Crippen LogP contribution in [0.5, 0.6) is 23.0 Å². The van der Waals surface area contributed by atoms with Gasteiger partial charge >= 0.3 is 0 Å². The second-order valence-corrected chi connectivity index (χ2v) is 6.18. The molecule has 1 fully saturated rings. The molecule has 8 nitrogen and oxygen atoms in total. The Labute approximate surface area is 143 Å². The van der Waals surface area contributed by atoms with Crippen molar-refractivity contribution in [3.8, 4) is 23.0 Å². The van der Waals surface area contributed by atoms with E-state index in [0.29, 0.717) is 19.1 Å². The van der Waals surface area contributed by atoms with E-state index in [0.717, 1.165) is 19.3 Å². The molecule has 1 spiro atoms. The SMILES string of the molecule is COc1c(C=O)c(OC=O)c(OO)c2c1C(=O)CC1(CCCCC1)O2. The van der Waals surface area contributed by atoms with Crippen LogP contribution in [0.3, 0.4) is 0 Å². The molecule has 1 aromatic carbocycles. The Morgan fingerprint density at radius 2 is 1.84 bits per heavy atom. The lowest BCUT2D eigenvalue weighted by molar-refractivity contribution is -0.143. The number of hydrogen-bond acceptors (Lipinski definition) is 8. The lowest BCUT2D eigenvalue weighted by Crippen LogP contribution is -2.44. The lowest BCUT2D eigenvalue weighted by atomic mass is 9.78. The Balaban J connectivity index is 2.26. The molecular weight excluding hydrogens is 332 g/mol. The zero-order valence-corrected chi connectivity index (χ0v) is 13.7. The Morgan fingerprint density at radius 1 is 1.12 bits per heavy atom. The first-order chi connectivity index (χ1) is 12.1. The third-order valence-electron chi connectivity index (χ3n) is 4.78. The van der Waals surface area contributed by atoms with Crippen molar-refractivity contribution in [2.24, 2.45) is 0 Å². The van der Waals surface area contributed by atoms with Crippen molar-refractivity contribution >= 4 is 18.5 Å². The van der Waals surface area contributed by atoms with Crippen LogP contribution in [0.4, 0.5) is 0 Å². The lowest BCUT2D eigenvalue weighted by Gasteiger charge is -2.41. The molecule has 0 amide bonds. The predicted molar refractivity (Wildman–Crippen MR) is 83.7 cm³/mol. The van der Waals surface area contributed by atoms with Gasteiger partial charge in [-0.25, -0.2) is 5.26 Å². The summed E-state index contributed by atoms with van der Waals surface area (Å²) < 4.78 is 16.1. The summed E-state index contributed by atoms with van der Waals surface area (Å²) in [6.07, 6.45) is 4.77. The third kappa shape index (κ3) is 2.72. The first-order valence-electron chi connectivity index (χ1n) is 7.98. The van der Waals surface area contributed by atoms with Gasteiger partial charge in [0, 0.05) is 0 Å². The monoisotopic (exact) mass is 350 g/mol. The van der Waals surface area contributed by atoms with Crippen molar-refractivity contribution in [2.45, 2.75) is 44.1 Å².